The molecule has 0 bridgehead atoms. The second kappa shape index (κ2) is 6.35. The molecule has 3 heterocycles. The van der Waals surface area contributed by atoms with Crippen molar-refractivity contribution in [2.45, 2.75) is 32.2 Å². The molecule has 0 atom stereocenters. The molecule has 3 aromatic rings. The van der Waals surface area contributed by atoms with Gasteiger partial charge in [-0.1, -0.05) is 12.1 Å². The van der Waals surface area contributed by atoms with Gasteiger partial charge in [0.25, 0.3) is 0 Å². The van der Waals surface area contributed by atoms with Gasteiger partial charge in [-0.15, -0.1) is 0 Å². The van der Waals surface area contributed by atoms with Crippen LogP contribution in [0.4, 0.5) is 5.82 Å². The molecule has 1 saturated carbocycles. The van der Waals surface area contributed by atoms with E-state index >= 15 is 0 Å². The molecule has 1 fully saturated rings. The lowest BCUT2D eigenvalue weighted by Gasteiger charge is -2.09. The van der Waals surface area contributed by atoms with Crippen molar-refractivity contribution in [1.82, 2.24) is 19.9 Å². The van der Waals surface area contributed by atoms with E-state index in [4.69, 9.17) is 0 Å². The van der Waals surface area contributed by atoms with Crippen molar-refractivity contribution in [3.63, 3.8) is 0 Å². The standard InChI is InChI=1S/C19H19N5/c1-13-11-18(24-19(22-13)14-8-9-14)21-12-15-5-4-7-17(23-15)16-6-2-3-10-20-16/h2-7,10-11,14H,8-9,12H2,1H3,(H,21,22,24). The fourth-order valence-electron chi connectivity index (χ4n) is 2.62. The normalized spacial score (nSPS) is 13.7. The van der Waals surface area contributed by atoms with Crippen LogP contribution in [-0.2, 0) is 6.54 Å². The predicted octanol–water partition coefficient (Wildman–Crippen LogP) is 3.73. The molecule has 0 aromatic carbocycles. The van der Waals surface area contributed by atoms with Gasteiger partial charge in [-0.05, 0) is 44.0 Å². The third kappa shape index (κ3) is 3.40. The Morgan fingerprint density at radius 2 is 1.88 bits per heavy atom. The molecule has 24 heavy (non-hydrogen) atoms. The van der Waals surface area contributed by atoms with Gasteiger partial charge in [-0.3, -0.25) is 4.98 Å². The molecule has 0 aliphatic heterocycles. The largest absolute Gasteiger partial charge is 0.364 e. The first kappa shape index (κ1) is 14.8. The molecule has 0 spiro atoms. The smallest absolute Gasteiger partial charge is 0.134 e. The average Bonchev–Trinajstić information content (AvgIpc) is 3.46. The second-order valence-corrected chi connectivity index (χ2v) is 6.11. The summed E-state index contributed by atoms with van der Waals surface area (Å²) in [6, 6.07) is 13.8. The fraction of sp³-hybridized carbons (Fsp3) is 0.263. The summed E-state index contributed by atoms with van der Waals surface area (Å²) in [6.45, 7) is 2.64. The van der Waals surface area contributed by atoms with Crippen molar-refractivity contribution < 1.29 is 0 Å². The van der Waals surface area contributed by atoms with Crippen LogP contribution in [0.3, 0.4) is 0 Å². The van der Waals surface area contributed by atoms with Crippen LogP contribution in [0.2, 0.25) is 0 Å². The van der Waals surface area contributed by atoms with Crippen molar-refractivity contribution in [2.24, 2.45) is 0 Å². The molecule has 3 aromatic heterocycles. The SMILES string of the molecule is Cc1cc(NCc2cccc(-c3ccccn3)n2)nc(C2CC2)n1. The van der Waals surface area contributed by atoms with Gasteiger partial charge in [-0.2, -0.15) is 0 Å². The molecular formula is C19H19N5. The molecule has 0 amide bonds. The van der Waals surface area contributed by atoms with Gasteiger partial charge >= 0.3 is 0 Å². The van der Waals surface area contributed by atoms with Crippen LogP contribution in [0.25, 0.3) is 11.4 Å². The molecular weight excluding hydrogens is 298 g/mol. The predicted molar refractivity (Wildman–Crippen MR) is 93.5 cm³/mol. The molecule has 1 aliphatic rings. The average molecular weight is 317 g/mol. The number of pyridine rings is 2. The minimum Gasteiger partial charge on any atom is -0.364 e. The molecule has 4 rings (SSSR count). The van der Waals surface area contributed by atoms with Crippen molar-refractivity contribution in [1.29, 1.82) is 0 Å². The minimum absolute atomic E-state index is 0.552. The van der Waals surface area contributed by atoms with Crippen LogP contribution in [0.5, 0.6) is 0 Å². The summed E-state index contributed by atoms with van der Waals surface area (Å²) in [5, 5.41) is 3.37. The zero-order valence-corrected chi connectivity index (χ0v) is 13.6. The Hall–Kier alpha value is -2.82. The van der Waals surface area contributed by atoms with E-state index in [-0.39, 0.29) is 0 Å². The van der Waals surface area contributed by atoms with Gasteiger partial charge in [0.1, 0.15) is 11.6 Å². The van der Waals surface area contributed by atoms with E-state index in [1.165, 1.54) is 12.8 Å². The Balaban J connectivity index is 1.50. The van der Waals surface area contributed by atoms with Crippen molar-refractivity contribution in [3.8, 4) is 11.4 Å². The second-order valence-electron chi connectivity index (χ2n) is 6.11. The first-order valence-electron chi connectivity index (χ1n) is 8.25. The maximum absolute atomic E-state index is 4.68. The highest BCUT2D eigenvalue weighted by Crippen LogP contribution is 2.38. The fourth-order valence-corrected chi connectivity index (χ4v) is 2.62. The van der Waals surface area contributed by atoms with Gasteiger partial charge < -0.3 is 5.32 Å². The lowest BCUT2D eigenvalue weighted by atomic mass is 10.2. The maximum Gasteiger partial charge on any atom is 0.134 e. The molecule has 5 nitrogen and oxygen atoms in total. The zero-order chi connectivity index (χ0) is 16.4. The van der Waals surface area contributed by atoms with Gasteiger partial charge in [0.05, 0.1) is 23.6 Å². The summed E-state index contributed by atoms with van der Waals surface area (Å²) in [6.07, 6.45) is 4.19. The van der Waals surface area contributed by atoms with E-state index in [9.17, 15) is 0 Å². The van der Waals surface area contributed by atoms with Crippen molar-refractivity contribution >= 4 is 5.82 Å². The van der Waals surface area contributed by atoms with E-state index in [0.717, 1.165) is 34.4 Å². The quantitative estimate of drug-likeness (QED) is 0.777. The lowest BCUT2D eigenvalue weighted by Crippen LogP contribution is -2.06. The van der Waals surface area contributed by atoms with Gasteiger partial charge in [0.2, 0.25) is 0 Å². The number of aryl methyl sites for hydroxylation is 1. The number of nitrogens with one attached hydrogen (secondary N) is 1. The third-order valence-corrected chi connectivity index (χ3v) is 4.00. The molecule has 0 radical (unpaired) electrons. The first-order valence-corrected chi connectivity index (χ1v) is 8.25. The van der Waals surface area contributed by atoms with Crippen LogP contribution in [0.1, 0.15) is 36.0 Å². The van der Waals surface area contributed by atoms with E-state index < -0.39 is 0 Å². The topological polar surface area (TPSA) is 63.6 Å². The van der Waals surface area contributed by atoms with E-state index in [0.29, 0.717) is 12.5 Å². The molecule has 120 valence electrons. The van der Waals surface area contributed by atoms with E-state index in [1.807, 2.05) is 49.4 Å². The number of hydrogen-bond donors (Lipinski definition) is 1. The Labute approximate surface area is 141 Å². The molecule has 0 saturated heterocycles. The monoisotopic (exact) mass is 317 g/mol. The summed E-state index contributed by atoms with van der Waals surface area (Å²) in [4.78, 5) is 18.2. The molecule has 1 N–H and O–H groups in total. The Bertz CT molecular complexity index is 843. The van der Waals surface area contributed by atoms with Crippen LogP contribution in [-0.4, -0.2) is 19.9 Å². The van der Waals surface area contributed by atoms with E-state index in [1.54, 1.807) is 6.20 Å². The van der Waals surface area contributed by atoms with Crippen molar-refractivity contribution in [2.75, 3.05) is 5.32 Å². The third-order valence-electron chi connectivity index (χ3n) is 4.00. The summed E-state index contributed by atoms with van der Waals surface area (Å²) in [7, 11) is 0. The minimum atomic E-state index is 0.552. The number of rotatable bonds is 5. The first-order chi connectivity index (χ1) is 11.8. The van der Waals surface area contributed by atoms with Crippen LogP contribution in [0.15, 0.2) is 48.7 Å². The Kier molecular flexibility index (Phi) is 3.91. The highest BCUT2D eigenvalue weighted by atomic mass is 15.0. The summed E-state index contributed by atoms with van der Waals surface area (Å²) < 4.78 is 0. The van der Waals surface area contributed by atoms with Gasteiger partial charge in [0.15, 0.2) is 0 Å². The van der Waals surface area contributed by atoms with Crippen LogP contribution < -0.4 is 5.32 Å². The van der Waals surface area contributed by atoms with Crippen LogP contribution in [0, 0.1) is 6.92 Å². The Morgan fingerprint density at radius 3 is 2.67 bits per heavy atom. The van der Waals surface area contributed by atoms with E-state index in [2.05, 4.69) is 25.3 Å². The highest BCUT2D eigenvalue weighted by Gasteiger charge is 2.26. The number of hydrogen-bond acceptors (Lipinski definition) is 5. The highest BCUT2D eigenvalue weighted by molar-refractivity contribution is 5.53. The number of aromatic nitrogens is 4. The summed E-state index contributed by atoms with van der Waals surface area (Å²) >= 11 is 0. The molecule has 5 heteroatoms. The van der Waals surface area contributed by atoms with Gasteiger partial charge in [-0.25, -0.2) is 15.0 Å². The zero-order valence-electron chi connectivity index (χ0n) is 13.6. The van der Waals surface area contributed by atoms with Crippen LogP contribution >= 0.6 is 0 Å². The lowest BCUT2D eigenvalue weighted by molar-refractivity contribution is 0.898. The maximum atomic E-state index is 4.68. The van der Waals surface area contributed by atoms with Gasteiger partial charge in [0, 0.05) is 23.9 Å². The number of nitrogens with zero attached hydrogens (tertiary/aromatic N) is 4. The van der Waals surface area contributed by atoms with Crippen molar-refractivity contribution in [3.05, 3.63) is 65.9 Å². The Morgan fingerprint density at radius 1 is 1.00 bits per heavy atom. The summed E-state index contributed by atoms with van der Waals surface area (Å²) in [5.41, 5.74) is 3.73. The number of anilines is 1. The molecule has 1 aliphatic carbocycles. The molecule has 0 unspecified atom stereocenters. The summed E-state index contributed by atoms with van der Waals surface area (Å²) in [5.74, 6) is 2.39.